The van der Waals surface area contributed by atoms with Crippen LogP contribution in [0.2, 0.25) is 0 Å². The maximum Gasteiger partial charge on any atom is 0.0677 e. The molecule has 50 valence electrons. The highest BCUT2D eigenvalue weighted by atomic mass is 16.4. The van der Waals surface area contributed by atoms with Crippen molar-refractivity contribution in [1.82, 2.24) is 0 Å². The summed E-state index contributed by atoms with van der Waals surface area (Å²) in [6.45, 7) is 1.98. The Balaban J connectivity index is 3.71. The van der Waals surface area contributed by atoms with E-state index >= 15 is 0 Å². The first-order chi connectivity index (χ1) is 4.35. The lowest BCUT2D eigenvalue weighted by Gasteiger charge is -1.90. The zero-order valence-corrected chi connectivity index (χ0v) is 5.15. The van der Waals surface area contributed by atoms with Crippen molar-refractivity contribution < 1.29 is 5.21 Å². The molecule has 1 N–H and O–H groups in total. The summed E-state index contributed by atoms with van der Waals surface area (Å²) < 4.78 is 0. The first kappa shape index (κ1) is 7.78. The Labute approximate surface area is 52.6 Å². The van der Waals surface area contributed by atoms with Crippen molar-refractivity contribution in [2.75, 3.05) is 6.54 Å². The molecule has 0 spiro atoms. The molecule has 0 atom stereocenters. The summed E-state index contributed by atoms with van der Waals surface area (Å²) >= 11 is 0. The molecule has 0 aliphatic heterocycles. The standard InChI is InChI=1S/C4H8N4O/c1-2-4(7-9)3-6-8-5/h9H,2-3H2,1H3/b7-4-. The van der Waals surface area contributed by atoms with E-state index in [9.17, 15) is 0 Å². The molecule has 5 heteroatoms. The predicted molar refractivity (Wildman–Crippen MR) is 33.5 cm³/mol. The molecule has 0 saturated heterocycles. The lowest BCUT2D eigenvalue weighted by molar-refractivity contribution is 0.317. The van der Waals surface area contributed by atoms with Gasteiger partial charge in [0.25, 0.3) is 0 Å². The van der Waals surface area contributed by atoms with Crippen LogP contribution < -0.4 is 0 Å². The lowest BCUT2D eigenvalue weighted by Crippen LogP contribution is -1.99. The smallest absolute Gasteiger partial charge is 0.0677 e. The Bertz CT molecular complexity index is 147. The van der Waals surface area contributed by atoms with Crippen LogP contribution in [0.25, 0.3) is 10.4 Å². The van der Waals surface area contributed by atoms with Crippen molar-refractivity contribution in [3.05, 3.63) is 10.4 Å². The Hall–Kier alpha value is -1.22. The summed E-state index contributed by atoms with van der Waals surface area (Å²) in [5.74, 6) is 0. The number of nitrogens with zero attached hydrogens (tertiary/aromatic N) is 4. The number of rotatable bonds is 3. The molecule has 0 heterocycles. The second-order valence-corrected chi connectivity index (χ2v) is 1.41. The van der Waals surface area contributed by atoms with Crippen LogP contribution in [0.4, 0.5) is 0 Å². The summed E-state index contributed by atoms with van der Waals surface area (Å²) in [6, 6.07) is 0. The molecule has 0 radical (unpaired) electrons. The fourth-order valence-electron chi connectivity index (χ4n) is 0.327. The zero-order chi connectivity index (χ0) is 7.11. The normalized spacial score (nSPS) is 10.6. The molecular weight excluding hydrogens is 120 g/mol. The van der Waals surface area contributed by atoms with Gasteiger partial charge in [0, 0.05) is 4.91 Å². The first-order valence-corrected chi connectivity index (χ1v) is 2.55. The van der Waals surface area contributed by atoms with E-state index in [-0.39, 0.29) is 6.54 Å². The van der Waals surface area contributed by atoms with Crippen molar-refractivity contribution in [2.24, 2.45) is 10.3 Å². The van der Waals surface area contributed by atoms with Gasteiger partial charge in [-0.2, -0.15) is 0 Å². The SMILES string of the molecule is CC/C(CN=[N+]=[N-])=N/O. The van der Waals surface area contributed by atoms with Gasteiger partial charge in [0.05, 0.1) is 12.3 Å². The summed E-state index contributed by atoms with van der Waals surface area (Å²) in [4.78, 5) is 2.50. The van der Waals surface area contributed by atoms with E-state index in [0.717, 1.165) is 0 Å². The summed E-state index contributed by atoms with van der Waals surface area (Å²) in [5, 5.41) is 14.3. The number of oxime groups is 1. The summed E-state index contributed by atoms with van der Waals surface area (Å²) in [5.41, 5.74) is 8.32. The molecule has 0 saturated carbocycles. The van der Waals surface area contributed by atoms with E-state index in [1.54, 1.807) is 0 Å². The van der Waals surface area contributed by atoms with Crippen molar-refractivity contribution in [3.63, 3.8) is 0 Å². The second kappa shape index (κ2) is 4.93. The van der Waals surface area contributed by atoms with Gasteiger partial charge in [-0.15, -0.1) is 0 Å². The highest BCUT2D eigenvalue weighted by Gasteiger charge is 1.90. The largest absolute Gasteiger partial charge is 0.411 e. The highest BCUT2D eigenvalue weighted by Crippen LogP contribution is 1.85. The van der Waals surface area contributed by atoms with Gasteiger partial charge in [0.15, 0.2) is 0 Å². The van der Waals surface area contributed by atoms with Gasteiger partial charge in [-0.1, -0.05) is 17.2 Å². The van der Waals surface area contributed by atoms with Gasteiger partial charge in [-0.05, 0) is 12.0 Å². The molecule has 5 nitrogen and oxygen atoms in total. The third-order valence-electron chi connectivity index (χ3n) is 0.866. The Morgan fingerprint density at radius 1 is 1.78 bits per heavy atom. The van der Waals surface area contributed by atoms with E-state index in [0.29, 0.717) is 12.1 Å². The number of hydrogen-bond acceptors (Lipinski definition) is 3. The van der Waals surface area contributed by atoms with Crippen molar-refractivity contribution in [2.45, 2.75) is 13.3 Å². The Morgan fingerprint density at radius 2 is 2.44 bits per heavy atom. The van der Waals surface area contributed by atoms with Crippen LogP contribution in [0.15, 0.2) is 10.3 Å². The highest BCUT2D eigenvalue weighted by molar-refractivity contribution is 5.85. The van der Waals surface area contributed by atoms with Crippen LogP contribution in [0.3, 0.4) is 0 Å². The summed E-state index contributed by atoms with van der Waals surface area (Å²) in [6.07, 6.45) is 0.607. The van der Waals surface area contributed by atoms with Crippen LogP contribution >= 0.6 is 0 Å². The molecule has 0 fully saturated rings. The van der Waals surface area contributed by atoms with Gasteiger partial charge in [-0.25, -0.2) is 0 Å². The molecule has 0 rings (SSSR count). The molecule has 0 aromatic heterocycles. The summed E-state index contributed by atoms with van der Waals surface area (Å²) in [7, 11) is 0. The molecule has 0 unspecified atom stereocenters. The lowest BCUT2D eigenvalue weighted by atomic mass is 10.3. The van der Waals surface area contributed by atoms with E-state index in [1.807, 2.05) is 6.92 Å². The third-order valence-corrected chi connectivity index (χ3v) is 0.866. The fourth-order valence-corrected chi connectivity index (χ4v) is 0.327. The first-order valence-electron chi connectivity index (χ1n) is 2.55. The van der Waals surface area contributed by atoms with Crippen molar-refractivity contribution in [1.29, 1.82) is 0 Å². The van der Waals surface area contributed by atoms with E-state index in [4.69, 9.17) is 10.7 Å². The minimum atomic E-state index is 0.156. The zero-order valence-electron chi connectivity index (χ0n) is 5.15. The molecule has 0 bridgehead atoms. The molecule has 9 heavy (non-hydrogen) atoms. The quantitative estimate of drug-likeness (QED) is 0.153. The monoisotopic (exact) mass is 128 g/mol. The van der Waals surface area contributed by atoms with Crippen LogP contribution in [0.5, 0.6) is 0 Å². The number of azide groups is 1. The van der Waals surface area contributed by atoms with Crippen LogP contribution in [-0.4, -0.2) is 17.5 Å². The average Bonchev–Trinajstić information content (AvgIpc) is 1.91. The van der Waals surface area contributed by atoms with Crippen LogP contribution in [0, 0.1) is 0 Å². The Kier molecular flexibility index (Phi) is 4.26. The van der Waals surface area contributed by atoms with E-state index < -0.39 is 0 Å². The second-order valence-electron chi connectivity index (χ2n) is 1.41. The molecule has 0 aromatic rings. The minimum absolute atomic E-state index is 0.156. The van der Waals surface area contributed by atoms with E-state index in [1.165, 1.54) is 0 Å². The minimum Gasteiger partial charge on any atom is -0.411 e. The van der Waals surface area contributed by atoms with Gasteiger partial charge >= 0.3 is 0 Å². The Morgan fingerprint density at radius 3 is 2.78 bits per heavy atom. The molecule has 0 aliphatic carbocycles. The predicted octanol–water partition coefficient (Wildman–Crippen LogP) is 1.54. The number of hydrogen-bond donors (Lipinski definition) is 1. The maximum atomic E-state index is 8.16. The molecule has 0 aliphatic rings. The molecular formula is C4H8N4O. The van der Waals surface area contributed by atoms with Gasteiger partial charge < -0.3 is 5.21 Å². The van der Waals surface area contributed by atoms with Gasteiger partial charge in [0.1, 0.15) is 0 Å². The van der Waals surface area contributed by atoms with Crippen molar-refractivity contribution in [3.8, 4) is 0 Å². The van der Waals surface area contributed by atoms with Crippen LogP contribution in [0.1, 0.15) is 13.3 Å². The van der Waals surface area contributed by atoms with Gasteiger partial charge in [0.2, 0.25) is 0 Å². The average molecular weight is 128 g/mol. The van der Waals surface area contributed by atoms with E-state index in [2.05, 4.69) is 15.2 Å². The molecule has 0 amide bonds. The maximum absolute atomic E-state index is 8.16. The van der Waals surface area contributed by atoms with Crippen LogP contribution in [-0.2, 0) is 0 Å². The molecule has 0 aromatic carbocycles. The fraction of sp³-hybridized carbons (Fsp3) is 0.750. The van der Waals surface area contributed by atoms with Gasteiger partial charge in [-0.3, -0.25) is 0 Å². The topological polar surface area (TPSA) is 81.4 Å². The third kappa shape index (κ3) is 3.37. The van der Waals surface area contributed by atoms with Crippen molar-refractivity contribution >= 4 is 5.71 Å².